The summed E-state index contributed by atoms with van der Waals surface area (Å²) in [7, 11) is 2.19. The number of hydrogen-bond donors (Lipinski definition) is 1. The Hall–Kier alpha value is -0.930. The van der Waals surface area contributed by atoms with Gasteiger partial charge in [-0.25, -0.2) is 0 Å². The first-order valence-electron chi connectivity index (χ1n) is 6.48. The SMILES string of the molecule is CN(CCc1ccccn1)C(C)(CN)C1CC1. The van der Waals surface area contributed by atoms with Crippen LogP contribution in [-0.4, -0.2) is 35.6 Å². The molecule has 1 saturated carbocycles. The largest absolute Gasteiger partial charge is 0.329 e. The Morgan fingerprint density at radius 2 is 2.24 bits per heavy atom. The molecule has 94 valence electrons. The third kappa shape index (κ3) is 2.85. The molecule has 0 spiro atoms. The quantitative estimate of drug-likeness (QED) is 0.813. The molecule has 0 radical (unpaired) electrons. The zero-order valence-electron chi connectivity index (χ0n) is 10.9. The average Bonchev–Trinajstić information content (AvgIpc) is 3.20. The minimum atomic E-state index is 0.175. The van der Waals surface area contributed by atoms with Gasteiger partial charge in [-0.1, -0.05) is 6.07 Å². The zero-order chi connectivity index (χ0) is 12.3. The molecule has 3 nitrogen and oxygen atoms in total. The predicted molar refractivity (Wildman–Crippen MR) is 70.8 cm³/mol. The van der Waals surface area contributed by atoms with E-state index in [1.165, 1.54) is 12.8 Å². The fourth-order valence-electron chi connectivity index (χ4n) is 2.42. The molecule has 0 saturated heterocycles. The normalized spacial score (nSPS) is 19.3. The highest BCUT2D eigenvalue weighted by Gasteiger charge is 2.42. The van der Waals surface area contributed by atoms with Crippen molar-refractivity contribution in [2.24, 2.45) is 11.7 Å². The van der Waals surface area contributed by atoms with Gasteiger partial charge in [-0.3, -0.25) is 9.88 Å². The van der Waals surface area contributed by atoms with E-state index in [9.17, 15) is 0 Å². The van der Waals surface area contributed by atoms with E-state index in [1.807, 2.05) is 18.3 Å². The molecule has 0 amide bonds. The van der Waals surface area contributed by atoms with Crippen LogP contribution < -0.4 is 5.73 Å². The molecule has 2 N–H and O–H groups in total. The van der Waals surface area contributed by atoms with Crippen molar-refractivity contribution in [1.82, 2.24) is 9.88 Å². The second-order valence-corrected chi connectivity index (χ2v) is 5.33. The van der Waals surface area contributed by atoms with Gasteiger partial charge >= 0.3 is 0 Å². The van der Waals surface area contributed by atoms with Crippen molar-refractivity contribution < 1.29 is 0 Å². The number of nitrogens with two attached hydrogens (primary N) is 1. The summed E-state index contributed by atoms with van der Waals surface area (Å²) in [4.78, 5) is 6.78. The van der Waals surface area contributed by atoms with Gasteiger partial charge in [0.1, 0.15) is 0 Å². The van der Waals surface area contributed by atoms with E-state index >= 15 is 0 Å². The molecule has 1 atom stereocenters. The summed E-state index contributed by atoms with van der Waals surface area (Å²) in [5.41, 5.74) is 7.30. The maximum Gasteiger partial charge on any atom is 0.0416 e. The maximum atomic E-state index is 5.96. The molecule has 1 aliphatic rings. The summed E-state index contributed by atoms with van der Waals surface area (Å²) < 4.78 is 0. The van der Waals surface area contributed by atoms with Crippen LogP contribution in [0, 0.1) is 5.92 Å². The monoisotopic (exact) mass is 233 g/mol. The molecule has 3 heteroatoms. The Labute approximate surface area is 104 Å². The van der Waals surface area contributed by atoms with Crippen molar-refractivity contribution in [3.63, 3.8) is 0 Å². The lowest BCUT2D eigenvalue weighted by Gasteiger charge is -2.38. The van der Waals surface area contributed by atoms with Crippen molar-refractivity contribution in [2.45, 2.75) is 31.7 Å². The molecule has 17 heavy (non-hydrogen) atoms. The van der Waals surface area contributed by atoms with Gasteiger partial charge < -0.3 is 5.73 Å². The third-order valence-corrected chi connectivity index (χ3v) is 4.17. The Morgan fingerprint density at radius 3 is 2.76 bits per heavy atom. The number of likely N-dealkylation sites (N-methyl/N-ethyl adjacent to an activating group) is 1. The molecule has 1 unspecified atom stereocenters. The first-order chi connectivity index (χ1) is 8.16. The summed E-state index contributed by atoms with van der Waals surface area (Å²) in [6.07, 6.45) is 5.53. The van der Waals surface area contributed by atoms with Gasteiger partial charge in [0, 0.05) is 36.9 Å². The van der Waals surface area contributed by atoms with Crippen molar-refractivity contribution in [3.05, 3.63) is 30.1 Å². The van der Waals surface area contributed by atoms with Gasteiger partial charge in [-0.2, -0.15) is 0 Å². The number of pyridine rings is 1. The number of nitrogens with zero attached hydrogens (tertiary/aromatic N) is 2. The Balaban J connectivity index is 1.90. The van der Waals surface area contributed by atoms with E-state index in [1.54, 1.807) is 0 Å². The van der Waals surface area contributed by atoms with Crippen LogP contribution in [0.5, 0.6) is 0 Å². The van der Waals surface area contributed by atoms with E-state index in [-0.39, 0.29) is 5.54 Å². The van der Waals surface area contributed by atoms with Gasteiger partial charge in [0.25, 0.3) is 0 Å². The van der Waals surface area contributed by atoms with Crippen LogP contribution in [0.3, 0.4) is 0 Å². The Morgan fingerprint density at radius 1 is 1.47 bits per heavy atom. The van der Waals surface area contributed by atoms with Crippen LogP contribution in [0.1, 0.15) is 25.5 Å². The molecule has 1 aromatic heterocycles. The summed E-state index contributed by atoms with van der Waals surface area (Å²) in [5, 5.41) is 0. The molecule has 2 rings (SSSR count). The number of hydrogen-bond acceptors (Lipinski definition) is 3. The van der Waals surface area contributed by atoms with Crippen molar-refractivity contribution >= 4 is 0 Å². The molecular formula is C14H23N3. The molecule has 1 aromatic rings. The summed E-state index contributed by atoms with van der Waals surface area (Å²) >= 11 is 0. The second-order valence-electron chi connectivity index (χ2n) is 5.33. The van der Waals surface area contributed by atoms with Crippen LogP contribution in [0.25, 0.3) is 0 Å². The van der Waals surface area contributed by atoms with Crippen molar-refractivity contribution in [1.29, 1.82) is 0 Å². The lowest BCUT2D eigenvalue weighted by Crippen LogP contribution is -2.52. The Kier molecular flexibility index (Phi) is 3.79. The van der Waals surface area contributed by atoms with Crippen LogP contribution in [0.15, 0.2) is 24.4 Å². The first-order valence-corrected chi connectivity index (χ1v) is 6.48. The van der Waals surface area contributed by atoms with E-state index in [4.69, 9.17) is 5.73 Å². The third-order valence-electron chi connectivity index (χ3n) is 4.17. The van der Waals surface area contributed by atoms with Crippen LogP contribution >= 0.6 is 0 Å². The standard InChI is InChI=1S/C14H23N3/c1-14(11-15,12-6-7-12)17(2)10-8-13-5-3-4-9-16-13/h3-5,9,12H,6-8,10-11,15H2,1-2H3. The molecule has 0 bridgehead atoms. The van der Waals surface area contributed by atoms with Crippen molar-refractivity contribution in [2.75, 3.05) is 20.1 Å². The van der Waals surface area contributed by atoms with Crippen LogP contribution in [0.4, 0.5) is 0 Å². The molecule has 1 aliphatic carbocycles. The molecular weight excluding hydrogens is 210 g/mol. The molecule has 0 aromatic carbocycles. The van der Waals surface area contributed by atoms with Gasteiger partial charge in [0.15, 0.2) is 0 Å². The van der Waals surface area contributed by atoms with Gasteiger partial charge in [-0.05, 0) is 44.9 Å². The first kappa shape index (κ1) is 12.5. The topological polar surface area (TPSA) is 42.2 Å². The fraction of sp³-hybridized carbons (Fsp3) is 0.643. The summed E-state index contributed by atoms with van der Waals surface area (Å²) in [6.45, 7) is 4.07. The molecule has 1 heterocycles. The molecule has 0 aliphatic heterocycles. The second kappa shape index (κ2) is 5.15. The summed E-state index contributed by atoms with van der Waals surface area (Å²) in [5.74, 6) is 0.793. The summed E-state index contributed by atoms with van der Waals surface area (Å²) in [6, 6.07) is 6.09. The highest BCUT2D eigenvalue weighted by atomic mass is 15.2. The van der Waals surface area contributed by atoms with E-state index in [2.05, 4.69) is 29.9 Å². The molecule has 1 fully saturated rings. The lowest BCUT2D eigenvalue weighted by molar-refractivity contribution is 0.121. The average molecular weight is 233 g/mol. The van der Waals surface area contributed by atoms with Gasteiger partial charge in [0.05, 0.1) is 0 Å². The number of rotatable bonds is 6. The van der Waals surface area contributed by atoms with Gasteiger partial charge in [-0.15, -0.1) is 0 Å². The van der Waals surface area contributed by atoms with Crippen molar-refractivity contribution in [3.8, 4) is 0 Å². The fourth-order valence-corrected chi connectivity index (χ4v) is 2.42. The predicted octanol–water partition coefficient (Wildman–Crippen LogP) is 1.68. The minimum Gasteiger partial charge on any atom is -0.329 e. The highest BCUT2D eigenvalue weighted by Crippen LogP contribution is 2.41. The van der Waals surface area contributed by atoms with Crippen LogP contribution in [-0.2, 0) is 6.42 Å². The zero-order valence-corrected chi connectivity index (χ0v) is 10.9. The number of aromatic nitrogens is 1. The Bertz CT molecular complexity index is 348. The van der Waals surface area contributed by atoms with E-state index in [0.717, 1.165) is 31.1 Å². The highest BCUT2D eigenvalue weighted by molar-refractivity contribution is 5.05. The lowest BCUT2D eigenvalue weighted by atomic mass is 9.93. The van der Waals surface area contributed by atoms with Crippen LogP contribution in [0.2, 0.25) is 0 Å². The maximum absolute atomic E-state index is 5.96. The van der Waals surface area contributed by atoms with Gasteiger partial charge in [0.2, 0.25) is 0 Å². The minimum absolute atomic E-state index is 0.175. The van der Waals surface area contributed by atoms with E-state index < -0.39 is 0 Å². The van der Waals surface area contributed by atoms with E-state index in [0.29, 0.717) is 0 Å². The smallest absolute Gasteiger partial charge is 0.0416 e.